The van der Waals surface area contributed by atoms with Gasteiger partial charge in [-0.2, -0.15) is 0 Å². The zero-order chi connectivity index (χ0) is 12.3. The summed E-state index contributed by atoms with van der Waals surface area (Å²) in [7, 11) is 0. The molecule has 0 radical (unpaired) electrons. The number of anilines is 1. The van der Waals surface area contributed by atoms with E-state index >= 15 is 0 Å². The summed E-state index contributed by atoms with van der Waals surface area (Å²) >= 11 is 6.13. The molecule has 0 saturated heterocycles. The summed E-state index contributed by atoms with van der Waals surface area (Å²) < 4.78 is 0. The first kappa shape index (κ1) is 12.6. The van der Waals surface area contributed by atoms with Gasteiger partial charge in [-0.15, -0.1) is 0 Å². The van der Waals surface area contributed by atoms with Crippen LogP contribution in [0.4, 0.5) is 5.82 Å². The maximum atomic E-state index is 6.13. The molecule has 3 nitrogen and oxygen atoms in total. The van der Waals surface area contributed by atoms with E-state index in [0.29, 0.717) is 11.2 Å². The summed E-state index contributed by atoms with van der Waals surface area (Å²) in [6, 6.07) is 0.506. The fraction of sp³-hybridized carbons (Fsp3) is 0.692. The van der Waals surface area contributed by atoms with Crippen LogP contribution in [0.25, 0.3) is 0 Å². The van der Waals surface area contributed by atoms with Crippen LogP contribution in [0.5, 0.6) is 0 Å². The van der Waals surface area contributed by atoms with Crippen molar-refractivity contribution >= 4 is 17.4 Å². The summed E-state index contributed by atoms with van der Waals surface area (Å²) in [6.07, 6.45) is 7.73. The maximum Gasteiger partial charge on any atom is 0.171 e. The van der Waals surface area contributed by atoms with E-state index in [1.807, 2.05) is 13.8 Å². The number of nitrogens with zero attached hydrogens (tertiary/aromatic N) is 2. The average Bonchev–Trinajstić information content (AvgIpc) is 2.54. The van der Waals surface area contributed by atoms with E-state index in [2.05, 4.69) is 15.3 Å². The molecule has 1 fully saturated rings. The molecular formula is C13H20ClN3. The standard InChI is InChI=1S/C13H20ClN3/c1-9-10(2)16-13(12(14)15-9)17-11-7-5-3-4-6-8-11/h11H,3-8H2,1-2H3,(H,16,17). The average molecular weight is 254 g/mol. The number of rotatable bonds is 2. The largest absolute Gasteiger partial charge is 0.365 e. The lowest BCUT2D eigenvalue weighted by molar-refractivity contribution is 0.617. The summed E-state index contributed by atoms with van der Waals surface area (Å²) in [5.74, 6) is 0.752. The Hall–Kier alpha value is -0.830. The number of aromatic nitrogens is 2. The van der Waals surface area contributed by atoms with Crippen molar-refractivity contribution in [3.63, 3.8) is 0 Å². The molecule has 0 spiro atoms. The number of nitrogens with one attached hydrogen (secondary N) is 1. The predicted molar refractivity (Wildman–Crippen MR) is 71.6 cm³/mol. The Balaban J connectivity index is 2.09. The molecule has 1 aromatic heterocycles. The lowest BCUT2D eigenvalue weighted by Gasteiger charge is -2.18. The van der Waals surface area contributed by atoms with Crippen molar-refractivity contribution in [1.82, 2.24) is 9.97 Å². The molecule has 0 amide bonds. The molecule has 1 aliphatic carbocycles. The quantitative estimate of drug-likeness (QED) is 0.813. The maximum absolute atomic E-state index is 6.13. The molecule has 94 valence electrons. The number of aryl methyl sites for hydroxylation is 2. The van der Waals surface area contributed by atoms with Gasteiger partial charge in [0, 0.05) is 6.04 Å². The van der Waals surface area contributed by atoms with Crippen LogP contribution in [-0.2, 0) is 0 Å². The second kappa shape index (κ2) is 5.67. The van der Waals surface area contributed by atoms with E-state index in [1.54, 1.807) is 0 Å². The van der Waals surface area contributed by atoms with Gasteiger partial charge in [0.1, 0.15) is 0 Å². The molecule has 0 atom stereocenters. The van der Waals surface area contributed by atoms with Crippen LogP contribution in [0, 0.1) is 13.8 Å². The molecule has 1 aliphatic rings. The Labute approximate surface area is 108 Å². The van der Waals surface area contributed by atoms with Gasteiger partial charge in [-0.05, 0) is 26.7 Å². The third-order valence-corrected chi connectivity index (χ3v) is 3.72. The van der Waals surface area contributed by atoms with Crippen LogP contribution in [0.15, 0.2) is 0 Å². The van der Waals surface area contributed by atoms with Gasteiger partial charge in [0.2, 0.25) is 0 Å². The summed E-state index contributed by atoms with van der Waals surface area (Å²) in [5, 5.41) is 3.95. The Kier molecular flexibility index (Phi) is 4.21. The van der Waals surface area contributed by atoms with Crippen LogP contribution >= 0.6 is 11.6 Å². The van der Waals surface area contributed by atoms with E-state index in [-0.39, 0.29) is 0 Å². The Morgan fingerprint density at radius 2 is 1.59 bits per heavy atom. The van der Waals surface area contributed by atoms with E-state index in [9.17, 15) is 0 Å². The summed E-state index contributed by atoms with van der Waals surface area (Å²) in [4.78, 5) is 8.79. The highest BCUT2D eigenvalue weighted by molar-refractivity contribution is 6.31. The van der Waals surface area contributed by atoms with Gasteiger partial charge in [-0.25, -0.2) is 9.97 Å². The molecule has 0 aliphatic heterocycles. The highest BCUT2D eigenvalue weighted by Gasteiger charge is 2.15. The van der Waals surface area contributed by atoms with E-state index < -0.39 is 0 Å². The molecule has 1 heterocycles. The van der Waals surface area contributed by atoms with Gasteiger partial charge >= 0.3 is 0 Å². The van der Waals surface area contributed by atoms with Crippen molar-refractivity contribution in [3.8, 4) is 0 Å². The number of halogens is 1. The van der Waals surface area contributed by atoms with E-state index in [0.717, 1.165) is 17.2 Å². The van der Waals surface area contributed by atoms with Crippen molar-refractivity contribution in [1.29, 1.82) is 0 Å². The Morgan fingerprint density at radius 1 is 1.00 bits per heavy atom. The third-order valence-electron chi connectivity index (χ3n) is 3.46. The van der Waals surface area contributed by atoms with Gasteiger partial charge < -0.3 is 5.32 Å². The van der Waals surface area contributed by atoms with Crippen molar-refractivity contribution in [2.75, 3.05) is 5.32 Å². The second-order valence-electron chi connectivity index (χ2n) is 4.87. The first-order valence-electron chi connectivity index (χ1n) is 6.44. The Morgan fingerprint density at radius 3 is 2.24 bits per heavy atom. The topological polar surface area (TPSA) is 37.8 Å². The minimum absolute atomic E-state index is 0.498. The minimum atomic E-state index is 0.498. The molecule has 4 heteroatoms. The first-order valence-corrected chi connectivity index (χ1v) is 6.82. The molecule has 2 rings (SSSR count). The monoisotopic (exact) mass is 253 g/mol. The van der Waals surface area contributed by atoms with Gasteiger partial charge in [-0.3, -0.25) is 0 Å². The van der Waals surface area contributed by atoms with Crippen molar-refractivity contribution in [2.45, 2.75) is 58.4 Å². The summed E-state index contributed by atoms with van der Waals surface area (Å²) in [6.45, 7) is 3.90. The zero-order valence-corrected chi connectivity index (χ0v) is 11.3. The van der Waals surface area contributed by atoms with Crippen molar-refractivity contribution < 1.29 is 0 Å². The lowest BCUT2D eigenvalue weighted by Crippen LogP contribution is -2.20. The van der Waals surface area contributed by atoms with Gasteiger partial charge in [0.15, 0.2) is 11.0 Å². The molecule has 17 heavy (non-hydrogen) atoms. The fourth-order valence-corrected chi connectivity index (χ4v) is 2.51. The van der Waals surface area contributed by atoms with Crippen LogP contribution in [-0.4, -0.2) is 16.0 Å². The molecule has 0 aromatic carbocycles. The molecular weight excluding hydrogens is 234 g/mol. The van der Waals surface area contributed by atoms with E-state index in [1.165, 1.54) is 38.5 Å². The Bertz CT molecular complexity index is 384. The van der Waals surface area contributed by atoms with E-state index in [4.69, 9.17) is 11.6 Å². The summed E-state index contributed by atoms with van der Waals surface area (Å²) in [5.41, 5.74) is 1.85. The SMILES string of the molecule is Cc1nc(Cl)c(NC2CCCCCC2)nc1C. The smallest absolute Gasteiger partial charge is 0.171 e. The molecule has 1 saturated carbocycles. The second-order valence-corrected chi connectivity index (χ2v) is 5.22. The lowest BCUT2D eigenvalue weighted by atomic mass is 10.1. The highest BCUT2D eigenvalue weighted by Crippen LogP contribution is 2.24. The molecule has 0 unspecified atom stereocenters. The number of hydrogen-bond donors (Lipinski definition) is 1. The van der Waals surface area contributed by atoms with Crippen molar-refractivity contribution in [3.05, 3.63) is 16.5 Å². The third kappa shape index (κ3) is 3.32. The van der Waals surface area contributed by atoms with Crippen LogP contribution < -0.4 is 5.32 Å². The van der Waals surface area contributed by atoms with Gasteiger partial charge in [-0.1, -0.05) is 37.3 Å². The molecule has 0 bridgehead atoms. The predicted octanol–water partition coefficient (Wildman–Crippen LogP) is 3.88. The van der Waals surface area contributed by atoms with Crippen LogP contribution in [0.3, 0.4) is 0 Å². The number of hydrogen-bond acceptors (Lipinski definition) is 3. The normalized spacial score (nSPS) is 17.8. The van der Waals surface area contributed by atoms with Gasteiger partial charge in [0.05, 0.1) is 11.4 Å². The van der Waals surface area contributed by atoms with Crippen LogP contribution in [0.2, 0.25) is 5.15 Å². The molecule has 1 aromatic rings. The van der Waals surface area contributed by atoms with Gasteiger partial charge in [0.25, 0.3) is 0 Å². The fourth-order valence-electron chi connectivity index (χ4n) is 2.28. The first-order chi connectivity index (χ1) is 8.16. The van der Waals surface area contributed by atoms with Crippen LogP contribution in [0.1, 0.15) is 49.9 Å². The van der Waals surface area contributed by atoms with Crippen molar-refractivity contribution in [2.24, 2.45) is 0 Å². The zero-order valence-electron chi connectivity index (χ0n) is 10.6. The minimum Gasteiger partial charge on any atom is -0.365 e. The molecule has 1 N–H and O–H groups in total. The highest BCUT2D eigenvalue weighted by atomic mass is 35.5.